The molecule has 0 bridgehead atoms. The number of para-hydroxylation sites is 1. The maximum atomic E-state index is 12.7. The highest BCUT2D eigenvalue weighted by atomic mass is 32.1. The summed E-state index contributed by atoms with van der Waals surface area (Å²) in [6, 6.07) is 12.0. The van der Waals surface area contributed by atoms with Crippen LogP contribution in [0.4, 0.5) is 0 Å². The molecule has 0 saturated carbocycles. The van der Waals surface area contributed by atoms with Crippen molar-refractivity contribution < 1.29 is 4.79 Å². The van der Waals surface area contributed by atoms with Gasteiger partial charge >= 0.3 is 0 Å². The van der Waals surface area contributed by atoms with Crippen LogP contribution < -0.4 is 10.9 Å². The maximum Gasteiger partial charge on any atom is 0.291 e. The maximum absolute atomic E-state index is 12.7. The Bertz CT molecular complexity index is 1170. The zero-order valence-electron chi connectivity index (χ0n) is 15.7. The lowest BCUT2D eigenvalue weighted by atomic mass is 10.2. The number of fused-ring (bicyclic) bond motifs is 3. The highest BCUT2D eigenvalue weighted by Crippen LogP contribution is 2.26. The molecule has 1 aromatic carbocycles. The average Bonchev–Trinajstić information content (AvgIpc) is 3.32. The standard InChI is InChI=1S/C21H22N4O2S/c1-24-21(27)20-17(14-23-24)16-7-2-3-8-18(16)25(20)12-4-9-19(26)22-11-10-15-6-5-13-28-15/h2-3,5-8,13-14H,4,9-12H2,1H3,(H,22,26). The minimum Gasteiger partial charge on any atom is -0.356 e. The summed E-state index contributed by atoms with van der Waals surface area (Å²) in [6.45, 7) is 1.27. The Labute approximate surface area is 166 Å². The van der Waals surface area contributed by atoms with Gasteiger partial charge in [0.05, 0.1) is 6.20 Å². The average molecular weight is 395 g/mol. The summed E-state index contributed by atoms with van der Waals surface area (Å²) >= 11 is 1.70. The Hall–Kier alpha value is -2.93. The molecule has 0 spiro atoms. The van der Waals surface area contributed by atoms with Crippen molar-refractivity contribution in [2.45, 2.75) is 25.8 Å². The molecule has 28 heavy (non-hydrogen) atoms. The summed E-state index contributed by atoms with van der Waals surface area (Å²) in [6.07, 6.45) is 3.71. The van der Waals surface area contributed by atoms with Gasteiger partial charge < -0.3 is 9.88 Å². The Kier molecular flexibility index (Phi) is 5.25. The number of rotatable bonds is 7. The van der Waals surface area contributed by atoms with E-state index in [1.165, 1.54) is 9.56 Å². The van der Waals surface area contributed by atoms with E-state index in [4.69, 9.17) is 0 Å². The zero-order valence-corrected chi connectivity index (χ0v) is 16.5. The molecule has 4 aromatic rings. The number of aromatic nitrogens is 3. The summed E-state index contributed by atoms with van der Waals surface area (Å²) in [4.78, 5) is 26.1. The smallest absolute Gasteiger partial charge is 0.291 e. The number of thiophene rings is 1. The van der Waals surface area contributed by atoms with Gasteiger partial charge in [-0.3, -0.25) is 9.59 Å². The van der Waals surface area contributed by atoms with Crippen molar-refractivity contribution in [1.29, 1.82) is 0 Å². The third-order valence-corrected chi connectivity index (χ3v) is 5.86. The minimum absolute atomic E-state index is 0.0480. The first-order chi connectivity index (χ1) is 13.6. The fourth-order valence-corrected chi connectivity index (χ4v) is 4.25. The molecular formula is C21H22N4O2S. The van der Waals surface area contributed by atoms with Crippen LogP contribution in [0.3, 0.4) is 0 Å². The monoisotopic (exact) mass is 394 g/mol. The van der Waals surface area contributed by atoms with Crippen molar-refractivity contribution in [2.75, 3.05) is 6.54 Å². The Morgan fingerprint density at radius 2 is 2.04 bits per heavy atom. The molecule has 0 fully saturated rings. The number of nitrogens with one attached hydrogen (secondary N) is 1. The first kappa shape index (κ1) is 18.4. The summed E-state index contributed by atoms with van der Waals surface area (Å²) in [5, 5.41) is 11.1. The molecule has 144 valence electrons. The molecule has 0 aliphatic carbocycles. The number of carbonyl (C=O) groups excluding carboxylic acids is 1. The van der Waals surface area contributed by atoms with Crippen LogP contribution >= 0.6 is 11.3 Å². The first-order valence-electron chi connectivity index (χ1n) is 9.37. The molecule has 0 unspecified atom stereocenters. The highest BCUT2D eigenvalue weighted by Gasteiger charge is 2.14. The second-order valence-electron chi connectivity index (χ2n) is 6.79. The van der Waals surface area contributed by atoms with Gasteiger partial charge in [0.1, 0.15) is 5.52 Å². The van der Waals surface area contributed by atoms with Crippen molar-refractivity contribution in [2.24, 2.45) is 7.05 Å². The van der Waals surface area contributed by atoms with Gasteiger partial charge in [-0.15, -0.1) is 11.3 Å². The summed E-state index contributed by atoms with van der Waals surface area (Å²) < 4.78 is 3.38. The summed E-state index contributed by atoms with van der Waals surface area (Å²) in [5.74, 6) is 0.0480. The number of hydrogen-bond acceptors (Lipinski definition) is 4. The zero-order chi connectivity index (χ0) is 19.5. The minimum atomic E-state index is -0.117. The molecule has 3 aromatic heterocycles. The van der Waals surface area contributed by atoms with Gasteiger partial charge in [0, 0.05) is 47.7 Å². The predicted molar refractivity (Wildman–Crippen MR) is 113 cm³/mol. The number of amides is 1. The van der Waals surface area contributed by atoms with Crippen LogP contribution in [0.1, 0.15) is 17.7 Å². The van der Waals surface area contributed by atoms with Gasteiger partial charge in [-0.05, 0) is 30.4 Å². The summed E-state index contributed by atoms with van der Waals surface area (Å²) in [7, 11) is 1.66. The molecule has 0 saturated heterocycles. The molecule has 1 N–H and O–H groups in total. The van der Waals surface area contributed by atoms with Crippen molar-refractivity contribution in [3.8, 4) is 0 Å². The van der Waals surface area contributed by atoms with E-state index in [0.29, 0.717) is 31.4 Å². The van der Waals surface area contributed by atoms with Crippen molar-refractivity contribution in [3.63, 3.8) is 0 Å². The number of benzene rings is 1. The number of carbonyl (C=O) groups is 1. The molecular weight excluding hydrogens is 372 g/mol. The quantitative estimate of drug-likeness (QED) is 0.524. The van der Waals surface area contributed by atoms with Crippen molar-refractivity contribution in [3.05, 3.63) is 63.2 Å². The lowest BCUT2D eigenvalue weighted by molar-refractivity contribution is -0.121. The Morgan fingerprint density at radius 3 is 2.86 bits per heavy atom. The van der Waals surface area contributed by atoms with Gasteiger partial charge in [0.2, 0.25) is 5.91 Å². The largest absolute Gasteiger partial charge is 0.356 e. The number of aryl methyl sites for hydroxylation is 2. The Morgan fingerprint density at radius 1 is 1.18 bits per heavy atom. The molecule has 3 heterocycles. The van der Waals surface area contributed by atoms with E-state index in [1.807, 2.05) is 40.3 Å². The molecule has 1 amide bonds. The fraction of sp³-hybridized carbons (Fsp3) is 0.286. The van der Waals surface area contributed by atoms with Gasteiger partial charge in [-0.25, -0.2) is 4.68 Å². The third kappa shape index (κ3) is 3.57. The molecule has 0 aliphatic heterocycles. The van der Waals surface area contributed by atoms with E-state index in [0.717, 1.165) is 22.7 Å². The van der Waals surface area contributed by atoms with Crippen LogP contribution in [0.15, 0.2) is 52.8 Å². The van der Waals surface area contributed by atoms with Gasteiger partial charge in [0.15, 0.2) is 0 Å². The van der Waals surface area contributed by atoms with E-state index in [9.17, 15) is 9.59 Å². The second-order valence-corrected chi connectivity index (χ2v) is 7.82. The summed E-state index contributed by atoms with van der Waals surface area (Å²) in [5.41, 5.74) is 1.53. The van der Waals surface area contributed by atoms with Crippen LogP contribution in [0.2, 0.25) is 0 Å². The first-order valence-corrected chi connectivity index (χ1v) is 10.3. The molecule has 7 heteroatoms. The van der Waals surface area contributed by atoms with Crippen LogP contribution in [0, 0.1) is 0 Å². The topological polar surface area (TPSA) is 68.9 Å². The van der Waals surface area contributed by atoms with Crippen LogP contribution in [-0.2, 0) is 24.8 Å². The third-order valence-electron chi connectivity index (χ3n) is 4.93. The Balaban J connectivity index is 1.46. The van der Waals surface area contributed by atoms with Crippen LogP contribution in [0.25, 0.3) is 21.8 Å². The highest BCUT2D eigenvalue weighted by molar-refractivity contribution is 7.09. The van der Waals surface area contributed by atoms with E-state index in [-0.39, 0.29) is 11.5 Å². The van der Waals surface area contributed by atoms with Gasteiger partial charge in [-0.2, -0.15) is 5.10 Å². The predicted octanol–water partition coefficient (Wildman–Crippen LogP) is 3.09. The second kappa shape index (κ2) is 7.98. The SMILES string of the molecule is Cn1ncc2c3ccccc3n(CCCC(=O)NCCc3cccs3)c2c1=O. The van der Waals surface area contributed by atoms with Gasteiger partial charge in [-0.1, -0.05) is 24.3 Å². The molecule has 0 atom stereocenters. The normalized spacial score (nSPS) is 11.3. The lowest BCUT2D eigenvalue weighted by Gasteiger charge is -2.08. The van der Waals surface area contributed by atoms with E-state index >= 15 is 0 Å². The van der Waals surface area contributed by atoms with E-state index in [2.05, 4.69) is 16.5 Å². The molecule has 6 nitrogen and oxygen atoms in total. The van der Waals surface area contributed by atoms with Crippen LogP contribution in [-0.4, -0.2) is 26.8 Å². The molecule has 0 aliphatic rings. The van der Waals surface area contributed by atoms with E-state index in [1.54, 1.807) is 24.6 Å². The fourth-order valence-electron chi connectivity index (χ4n) is 3.54. The van der Waals surface area contributed by atoms with Crippen molar-refractivity contribution >= 4 is 39.0 Å². The van der Waals surface area contributed by atoms with Crippen molar-refractivity contribution in [1.82, 2.24) is 19.7 Å². The number of hydrogen-bond donors (Lipinski definition) is 1. The number of nitrogens with zero attached hydrogens (tertiary/aromatic N) is 3. The van der Waals surface area contributed by atoms with E-state index < -0.39 is 0 Å². The molecule has 0 radical (unpaired) electrons. The van der Waals surface area contributed by atoms with Crippen LogP contribution in [0.5, 0.6) is 0 Å². The molecule has 4 rings (SSSR count). The van der Waals surface area contributed by atoms with Gasteiger partial charge in [0.25, 0.3) is 5.56 Å². The lowest BCUT2D eigenvalue weighted by Crippen LogP contribution is -2.25.